The van der Waals surface area contributed by atoms with Crippen molar-refractivity contribution in [3.63, 3.8) is 0 Å². The number of aromatic nitrogens is 2. The van der Waals surface area contributed by atoms with E-state index in [2.05, 4.69) is 4.98 Å². The topological polar surface area (TPSA) is 87.0 Å². The molecule has 1 aliphatic carbocycles. The van der Waals surface area contributed by atoms with Gasteiger partial charge in [-0.3, -0.25) is 0 Å². The number of nitrogens with zero attached hydrogens (tertiary/aromatic N) is 4. The molecule has 1 heterocycles. The lowest BCUT2D eigenvalue weighted by Crippen LogP contribution is -2.26. The number of imidazole rings is 1. The fourth-order valence-corrected chi connectivity index (χ4v) is 2.26. The molecule has 1 aromatic heterocycles. The molecule has 0 saturated heterocycles. The minimum Gasteiger partial charge on any atom is -0.623 e. The molecular weight excluding hydrogens is 236 g/mol. The van der Waals surface area contributed by atoms with Crippen LogP contribution in [0, 0.1) is 15.3 Å². The SMILES string of the molecule is Cn1c([N+](=O)[O-])cnc1/C=[N+](\[O-])C1CCCCC1. The van der Waals surface area contributed by atoms with E-state index in [1.807, 2.05) is 0 Å². The van der Waals surface area contributed by atoms with E-state index >= 15 is 0 Å². The van der Waals surface area contributed by atoms with Crippen LogP contribution < -0.4 is 0 Å². The second-order valence-electron chi connectivity index (χ2n) is 4.57. The summed E-state index contributed by atoms with van der Waals surface area (Å²) in [4.78, 5) is 14.0. The number of hydrogen-bond donors (Lipinski definition) is 0. The summed E-state index contributed by atoms with van der Waals surface area (Å²) in [6, 6.07) is -0.0190. The fraction of sp³-hybridized carbons (Fsp3) is 0.636. The average Bonchev–Trinajstić information content (AvgIpc) is 2.72. The molecule has 98 valence electrons. The average molecular weight is 252 g/mol. The van der Waals surface area contributed by atoms with Crippen molar-refractivity contribution in [2.75, 3.05) is 0 Å². The second kappa shape index (κ2) is 5.16. The largest absolute Gasteiger partial charge is 0.623 e. The first kappa shape index (κ1) is 12.5. The van der Waals surface area contributed by atoms with Crippen molar-refractivity contribution in [3.8, 4) is 0 Å². The Labute approximate surface area is 104 Å². The van der Waals surface area contributed by atoms with Crippen molar-refractivity contribution < 1.29 is 9.66 Å². The molecule has 7 heteroatoms. The Hall–Kier alpha value is -1.92. The first-order chi connectivity index (χ1) is 8.59. The van der Waals surface area contributed by atoms with E-state index in [1.54, 1.807) is 0 Å². The maximum atomic E-state index is 11.9. The molecule has 0 bridgehead atoms. The molecule has 0 aliphatic heterocycles. The summed E-state index contributed by atoms with van der Waals surface area (Å²) in [7, 11) is 1.53. The van der Waals surface area contributed by atoms with E-state index in [0.717, 1.165) is 30.4 Å². The fourth-order valence-electron chi connectivity index (χ4n) is 2.26. The van der Waals surface area contributed by atoms with Gasteiger partial charge in [-0.15, -0.1) is 0 Å². The molecule has 0 atom stereocenters. The van der Waals surface area contributed by atoms with Crippen molar-refractivity contribution in [2.45, 2.75) is 38.1 Å². The minimum absolute atomic E-state index is 0.0190. The van der Waals surface area contributed by atoms with Gasteiger partial charge in [0, 0.05) is 12.8 Å². The van der Waals surface area contributed by atoms with Crippen LogP contribution >= 0.6 is 0 Å². The molecule has 0 amide bonds. The number of hydroxylamine groups is 1. The van der Waals surface area contributed by atoms with Crippen LogP contribution in [0.3, 0.4) is 0 Å². The highest BCUT2D eigenvalue weighted by atomic mass is 16.6. The monoisotopic (exact) mass is 252 g/mol. The van der Waals surface area contributed by atoms with Crippen molar-refractivity contribution in [1.29, 1.82) is 0 Å². The number of hydrogen-bond acceptors (Lipinski definition) is 4. The second-order valence-corrected chi connectivity index (χ2v) is 4.57. The normalized spacial score (nSPS) is 17.9. The van der Waals surface area contributed by atoms with Gasteiger partial charge in [0.1, 0.15) is 6.20 Å². The van der Waals surface area contributed by atoms with E-state index < -0.39 is 4.92 Å². The first-order valence-electron chi connectivity index (χ1n) is 6.06. The van der Waals surface area contributed by atoms with Crippen LogP contribution in [-0.4, -0.2) is 31.5 Å². The van der Waals surface area contributed by atoms with Crippen LogP contribution in [0.4, 0.5) is 5.82 Å². The Kier molecular flexibility index (Phi) is 3.59. The summed E-state index contributed by atoms with van der Waals surface area (Å²) >= 11 is 0. The molecular formula is C11H16N4O3. The Morgan fingerprint density at radius 1 is 1.39 bits per heavy atom. The van der Waals surface area contributed by atoms with Gasteiger partial charge in [-0.25, -0.2) is 14.3 Å². The van der Waals surface area contributed by atoms with Gasteiger partial charge in [0.2, 0.25) is 6.21 Å². The van der Waals surface area contributed by atoms with Crippen LogP contribution in [-0.2, 0) is 7.05 Å². The Morgan fingerprint density at radius 3 is 2.61 bits per heavy atom. The third kappa shape index (κ3) is 2.49. The van der Waals surface area contributed by atoms with Crippen LogP contribution in [0.2, 0.25) is 0 Å². The zero-order valence-corrected chi connectivity index (χ0v) is 10.3. The molecule has 1 saturated carbocycles. The van der Waals surface area contributed by atoms with Gasteiger partial charge in [-0.2, -0.15) is 0 Å². The highest BCUT2D eigenvalue weighted by molar-refractivity contribution is 5.71. The van der Waals surface area contributed by atoms with Gasteiger partial charge in [0.05, 0.1) is 7.05 Å². The van der Waals surface area contributed by atoms with Gasteiger partial charge in [0.25, 0.3) is 5.82 Å². The van der Waals surface area contributed by atoms with E-state index in [1.165, 1.54) is 30.4 Å². The van der Waals surface area contributed by atoms with Crippen LogP contribution in [0.15, 0.2) is 6.20 Å². The smallest absolute Gasteiger partial charge is 0.343 e. The van der Waals surface area contributed by atoms with Gasteiger partial charge >= 0.3 is 5.82 Å². The molecule has 18 heavy (non-hydrogen) atoms. The molecule has 2 rings (SSSR count). The third-order valence-corrected chi connectivity index (χ3v) is 3.36. The summed E-state index contributed by atoms with van der Waals surface area (Å²) < 4.78 is 2.21. The predicted octanol–water partition coefficient (Wildman–Crippen LogP) is 1.59. The Bertz CT molecular complexity index is 475. The van der Waals surface area contributed by atoms with Gasteiger partial charge in [-0.1, -0.05) is 6.42 Å². The Morgan fingerprint density at radius 2 is 2.06 bits per heavy atom. The van der Waals surface area contributed by atoms with E-state index in [9.17, 15) is 15.3 Å². The molecule has 0 radical (unpaired) electrons. The van der Waals surface area contributed by atoms with Crippen LogP contribution in [0.1, 0.15) is 37.9 Å². The zero-order chi connectivity index (χ0) is 13.1. The van der Waals surface area contributed by atoms with E-state index in [4.69, 9.17) is 0 Å². The molecule has 0 aromatic carbocycles. The third-order valence-electron chi connectivity index (χ3n) is 3.36. The Balaban J connectivity index is 2.18. The van der Waals surface area contributed by atoms with Crippen molar-refractivity contribution in [2.24, 2.45) is 7.05 Å². The standard InChI is InChI=1S/C11H16N4O3/c1-13-10(12-7-11(13)15(17)18)8-14(16)9-5-3-2-4-6-9/h7-9H,2-6H2,1H3/b14-8-. The molecule has 0 unspecified atom stereocenters. The molecule has 7 nitrogen and oxygen atoms in total. The van der Waals surface area contributed by atoms with Gasteiger partial charge in [0.15, 0.2) is 6.04 Å². The molecule has 0 N–H and O–H groups in total. The van der Waals surface area contributed by atoms with E-state index in [-0.39, 0.29) is 11.9 Å². The lowest BCUT2D eigenvalue weighted by molar-refractivity contribution is -0.501. The van der Waals surface area contributed by atoms with Crippen molar-refractivity contribution in [1.82, 2.24) is 9.55 Å². The summed E-state index contributed by atoms with van der Waals surface area (Å²) in [6.45, 7) is 0. The maximum Gasteiger partial charge on any atom is 0.343 e. The summed E-state index contributed by atoms with van der Waals surface area (Å²) in [5, 5.41) is 22.6. The molecule has 1 aliphatic rings. The number of nitro groups is 1. The quantitative estimate of drug-likeness (QED) is 0.269. The van der Waals surface area contributed by atoms with Crippen molar-refractivity contribution >= 4 is 12.0 Å². The van der Waals surface area contributed by atoms with Crippen LogP contribution in [0.5, 0.6) is 0 Å². The van der Waals surface area contributed by atoms with Gasteiger partial charge < -0.3 is 15.3 Å². The van der Waals surface area contributed by atoms with Crippen molar-refractivity contribution in [3.05, 3.63) is 27.3 Å². The van der Waals surface area contributed by atoms with Gasteiger partial charge in [-0.05, 0) is 17.8 Å². The predicted molar refractivity (Wildman–Crippen MR) is 65.5 cm³/mol. The first-order valence-corrected chi connectivity index (χ1v) is 6.06. The summed E-state index contributed by atoms with van der Waals surface area (Å²) in [5.74, 6) is 0.209. The minimum atomic E-state index is -0.514. The lowest BCUT2D eigenvalue weighted by Gasteiger charge is -2.20. The summed E-state index contributed by atoms with van der Waals surface area (Å²) in [6.07, 6.45) is 7.59. The lowest BCUT2D eigenvalue weighted by atomic mass is 9.96. The molecule has 1 fully saturated rings. The molecule has 1 aromatic rings. The maximum absolute atomic E-state index is 11.9. The highest BCUT2D eigenvalue weighted by Crippen LogP contribution is 2.20. The molecule has 0 spiro atoms. The van der Waals surface area contributed by atoms with Crippen LogP contribution in [0.25, 0.3) is 0 Å². The summed E-state index contributed by atoms with van der Waals surface area (Å²) in [5.41, 5.74) is 0. The van der Waals surface area contributed by atoms with E-state index in [0.29, 0.717) is 5.82 Å². The zero-order valence-electron chi connectivity index (χ0n) is 10.3. The number of rotatable bonds is 3. The highest BCUT2D eigenvalue weighted by Gasteiger charge is 2.22.